The molecule has 0 unspecified atom stereocenters. The van der Waals surface area contributed by atoms with Gasteiger partial charge in [0.2, 0.25) is 0 Å². The lowest BCUT2D eigenvalue weighted by atomic mass is 9.87. The van der Waals surface area contributed by atoms with Crippen molar-refractivity contribution in [1.82, 2.24) is 0 Å². The fraction of sp³-hybridized carbons (Fsp3) is 0.250. The van der Waals surface area contributed by atoms with Gasteiger partial charge in [-0.25, -0.2) is 0 Å². The molecule has 2 atom stereocenters. The summed E-state index contributed by atoms with van der Waals surface area (Å²) in [6.07, 6.45) is 5.99. The molecule has 0 saturated carbocycles. The number of nitrogens with zero attached hydrogens (tertiary/aromatic N) is 1. The van der Waals surface area contributed by atoms with Crippen molar-refractivity contribution in [2.45, 2.75) is 19.4 Å². The third-order valence-corrected chi connectivity index (χ3v) is 4.34. The minimum absolute atomic E-state index is 0.0199. The maximum absolute atomic E-state index is 11.6. The number of rotatable bonds is 4. The second kappa shape index (κ2) is 6.69. The normalized spacial score (nSPS) is 20.3. The highest BCUT2D eigenvalue weighted by molar-refractivity contribution is 5.63. The Balaban J connectivity index is 2.00. The summed E-state index contributed by atoms with van der Waals surface area (Å²) >= 11 is 0. The molecule has 3 nitrogen and oxygen atoms in total. The molecule has 23 heavy (non-hydrogen) atoms. The van der Waals surface area contributed by atoms with Crippen molar-refractivity contribution in [2.24, 2.45) is 5.92 Å². The fourth-order valence-electron chi connectivity index (χ4n) is 3.06. The van der Waals surface area contributed by atoms with E-state index in [0.29, 0.717) is 0 Å². The van der Waals surface area contributed by atoms with E-state index in [2.05, 4.69) is 48.4 Å². The number of ether oxygens (including phenoxy) is 1. The Hall–Kier alpha value is -2.55. The first kappa shape index (κ1) is 15.3. The van der Waals surface area contributed by atoms with Gasteiger partial charge in [0.05, 0.1) is 13.2 Å². The molecule has 3 heteroatoms. The maximum atomic E-state index is 11.6. The second-order valence-corrected chi connectivity index (χ2v) is 5.88. The van der Waals surface area contributed by atoms with Crippen molar-refractivity contribution in [1.29, 1.82) is 0 Å². The number of carbonyl (C=O) groups is 1. The fourth-order valence-corrected chi connectivity index (χ4v) is 3.06. The van der Waals surface area contributed by atoms with Gasteiger partial charge in [-0.2, -0.15) is 0 Å². The standard InChI is InChI=1S/C20H21NO2/c1-15-5-7-16(8-6-15)20-17(14-22)4-3-13-21(20)18-9-11-19(23-2)12-10-18/h3,5-14,17,20H,4H2,1-2H3/t17-,20-/m1/s1. The largest absolute Gasteiger partial charge is 0.497 e. The lowest BCUT2D eigenvalue weighted by molar-refractivity contribution is -0.111. The van der Waals surface area contributed by atoms with Gasteiger partial charge in [0, 0.05) is 17.8 Å². The molecule has 2 aromatic carbocycles. The zero-order chi connectivity index (χ0) is 16.2. The van der Waals surface area contributed by atoms with E-state index in [1.54, 1.807) is 7.11 Å². The number of allylic oxidation sites excluding steroid dienone is 1. The second-order valence-electron chi connectivity index (χ2n) is 5.88. The highest BCUT2D eigenvalue weighted by Gasteiger charge is 2.30. The molecule has 0 N–H and O–H groups in total. The molecule has 0 aromatic heterocycles. The zero-order valence-electron chi connectivity index (χ0n) is 13.5. The number of benzene rings is 2. The van der Waals surface area contributed by atoms with Gasteiger partial charge in [0.1, 0.15) is 12.0 Å². The summed E-state index contributed by atoms with van der Waals surface area (Å²) in [4.78, 5) is 13.8. The van der Waals surface area contributed by atoms with E-state index in [-0.39, 0.29) is 12.0 Å². The van der Waals surface area contributed by atoms with Crippen LogP contribution in [0.1, 0.15) is 23.6 Å². The van der Waals surface area contributed by atoms with Crippen LogP contribution < -0.4 is 9.64 Å². The summed E-state index contributed by atoms with van der Waals surface area (Å²) < 4.78 is 5.23. The number of anilines is 1. The van der Waals surface area contributed by atoms with E-state index in [4.69, 9.17) is 4.74 Å². The summed E-state index contributed by atoms with van der Waals surface area (Å²) in [6.45, 7) is 2.07. The Morgan fingerprint density at radius 2 is 1.78 bits per heavy atom. The molecule has 0 radical (unpaired) electrons. The number of aryl methyl sites for hydroxylation is 1. The van der Waals surface area contributed by atoms with E-state index in [1.807, 2.05) is 24.3 Å². The van der Waals surface area contributed by atoms with Crippen LogP contribution in [-0.2, 0) is 4.79 Å². The average Bonchev–Trinajstić information content (AvgIpc) is 2.62. The van der Waals surface area contributed by atoms with Gasteiger partial charge < -0.3 is 14.4 Å². The van der Waals surface area contributed by atoms with Crippen molar-refractivity contribution in [3.63, 3.8) is 0 Å². The van der Waals surface area contributed by atoms with Crippen LogP contribution in [0.3, 0.4) is 0 Å². The molecule has 1 heterocycles. The van der Waals surface area contributed by atoms with Crippen LogP contribution in [0.2, 0.25) is 0 Å². The van der Waals surface area contributed by atoms with Gasteiger partial charge in [-0.1, -0.05) is 35.9 Å². The topological polar surface area (TPSA) is 29.5 Å². The molecule has 2 aromatic rings. The van der Waals surface area contributed by atoms with Gasteiger partial charge in [-0.05, 0) is 43.2 Å². The number of carbonyl (C=O) groups excluding carboxylic acids is 1. The number of aldehydes is 1. The van der Waals surface area contributed by atoms with Gasteiger partial charge in [0.25, 0.3) is 0 Å². The number of hydrogen-bond acceptors (Lipinski definition) is 3. The molecule has 0 amide bonds. The Morgan fingerprint density at radius 3 is 2.39 bits per heavy atom. The first-order chi connectivity index (χ1) is 11.2. The van der Waals surface area contributed by atoms with E-state index in [0.717, 1.165) is 29.7 Å². The van der Waals surface area contributed by atoms with Crippen molar-refractivity contribution >= 4 is 12.0 Å². The summed E-state index contributed by atoms with van der Waals surface area (Å²) in [5.74, 6) is 0.776. The van der Waals surface area contributed by atoms with E-state index >= 15 is 0 Å². The lowest BCUT2D eigenvalue weighted by Gasteiger charge is -2.37. The molecule has 1 aliphatic heterocycles. The molecule has 3 rings (SSSR count). The van der Waals surface area contributed by atoms with Gasteiger partial charge in [0.15, 0.2) is 0 Å². The summed E-state index contributed by atoms with van der Waals surface area (Å²) in [5.41, 5.74) is 3.44. The molecular weight excluding hydrogens is 286 g/mol. The molecule has 0 fully saturated rings. The molecule has 0 bridgehead atoms. The predicted octanol–water partition coefficient (Wildman–Crippen LogP) is 4.28. The van der Waals surface area contributed by atoms with Gasteiger partial charge in [-0.3, -0.25) is 0 Å². The third kappa shape index (κ3) is 3.14. The van der Waals surface area contributed by atoms with E-state index in [9.17, 15) is 4.79 Å². The number of hydrogen-bond donors (Lipinski definition) is 0. The summed E-state index contributed by atoms with van der Waals surface area (Å²) in [5, 5.41) is 0. The van der Waals surface area contributed by atoms with Gasteiger partial charge >= 0.3 is 0 Å². The molecular formula is C20H21NO2. The highest BCUT2D eigenvalue weighted by atomic mass is 16.5. The van der Waals surface area contributed by atoms with Crippen LogP contribution in [0.15, 0.2) is 60.8 Å². The van der Waals surface area contributed by atoms with Crippen LogP contribution in [-0.4, -0.2) is 13.4 Å². The van der Waals surface area contributed by atoms with Gasteiger partial charge in [-0.15, -0.1) is 0 Å². The van der Waals surface area contributed by atoms with Crippen molar-refractivity contribution < 1.29 is 9.53 Å². The van der Waals surface area contributed by atoms with Crippen LogP contribution in [0.4, 0.5) is 5.69 Å². The molecule has 0 aliphatic carbocycles. The third-order valence-electron chi connectivity index (χ3n) is 4.34. The van der Waals surface area contributed by atoms with Crippen molar-refractivity contribution in [3.05, 3.63) is 71.9 Å². The first-order valence-corrected chi connectivity index (χ1v) is 7.84. The zero-order valence-corrected chi connectivity index (χ0v) is 13.5. The smallest absolute Gasteiger partial charge is 0.125 e. The summed E-state index contributed by atoms with van der Waals surface area (Å²) in [6, 6.07) is 16.4. The maximum Gasteiger partial charge on any atom is 0.125 e. The van der Waals surface area contributed by atoms with Crippen LogP contribution in [0.5, 0.6) is 5.75 Å². The Morgan fingerprint density at radius 1 is 1.09 bits per heavy atom. The van der Waals surface area contributed by atoms with Crippen molar-refractivity contribution in [3.8, 4) is 5.75 Å². The van der Waals surface area contributed by atoms with Crippen LogP contribution >= 0.6 is 0 Å². The summed E-state index contributed by atoms with van der Waals surface area (Å²) in [7, 11) is 1.66. The molecule has 118 valence electrons. The van der Waals surface area contributed by atoms with E-state index < -0.39 is 0 Å². The molecule has 1 aliphatic rings. The lowest BCUT2D eigenvalue weighted by Crippen LogP contribution is -2.33. The number of methoxy groups -OCH3 is 1. The predicted molar refractivity (Wildman–Crippen MR) is 92.7 cm³/mol. The minimum Gasteiger partial charge on any atom is -0.497 e. The van der Waals surface area contributed by atoms with Crippen LogP contribution in [0.25, 0.3) is 0 Å². The molecule has 0 saturated heterocycles. The highest BCUT2D eigenvalue weighted by Crippen LogP contribution is 2.38. The minimum atomic E-state index is -0.0511. The Labute approximate surface area is 137 Å². The van der Waals surface area contributed by atoms with Crippen molar-refractivity contribution in [2.75, 3.05) is 12.0 Å². The van der Waals surface area contributed by atoms with E-state index in [1.165, 1.54) is 5.56 Å². The first-order valence-electron chi connectivity index (χ1n) is 7.84. The van der Waals surface area contributed by atoms with Crippen LogP contribution in [0, 0.1) is 12.8 Å². The molecule has 0 spiro atoms. The Bertz CT molecular complexity index is 689. The SMILES string of the molecule is COc1ccc(N2C=CC[C@H](C=O)[C@H]2c2ccc(C)cc2)cc1. The monoisotopic (exact) mass is 307 g/mol. The average molecular weight is 307 g/mol. The quantitative estimate of drug-likeness (QED) is 0.789. The Kier molecular flexibility index (Phi) is 4.47.